The number of benzene rings is 1. The van der Waals surface area contributed by atoms with Crippen LogP contribution in [0.4, 0.5) is 0 Å². The van der Waals surface area contributed by atoms with Crippen LogP contribution in [0.15, 0.2) is 24.3 Å². The van der Waals surface area contributed by atoms with Crippen molar-refractivity contribution in [2.24, 2.45) is 0 Å². The van der Waals surface area contributed by atoms with Crippen molar-refractivity contribution in [3.63, 3.8) is 0 Å². The first-order valence-electron chi connectivity index (χ1n) is 5.47. The molecule has 0 radical (unpaired) electrons. The summed E-state index contributed by atoms with van der Waals surface area (Å²) in [5, 5.41) is 0. The third-order valence-electron chi connectivity index (χ3n) is 3.87. The molecule has 16 heavy (non-hydrogen) atoms. The van der Waals surface area contributed by atoms with Crippen molar-refractivity contribution < 1.29 is 14.3 Å². The first-order chi connectivity index (χ1) is 7.61. The van der Waals surface area contributed by atoms with Crippen molar-refractivity contribution >= 4 is 5.97 Å². The average molecular weight is 218 g/mol. The highest BCUT2D eigenvalue weighted by Crippen LogP contribution is 2.56. The Kier molecular flexibility index (Phi) is 1.76. The van der Waals surface area contributed by atoms with Gasteiger partial charge in [-0.15, -0.1) is 0 Å². The van der Waals surface area contributed by atoms with E-state index >= 15 is 0 Å². The standard InChI is InChI=1S/C13H14O3/c1-12(11(14)15-2)13(16-12)7-9-5-3-4-6-10(9)8-13/h3-6H,7-8H2,1-2H3. The molecule has 1 aliphatic carbocycles. The fourth-order valence-corrected chi connectivity index (χ4v) is 2.78. The number of carbonyl (C=O) groups excluding carboxylic acids is 1. The van der Waals surface area contributed by atoms with E-state index in [1.54, 1.807) is 0 Å². The summed E-state index contributed by atoms with van der Waals surface area (Å²) in [6.07, 6.45) is 1.63. The molecule has 1 unspecified atom stereocenters. The third-order valence-corrected chi connectivity index (χ3v) is 3.87. The second kappa shape index (κ2) is 2.86. The highest BCUT2D eigenvalue weighted by Gasteiger charge is 2.73. The van der Waals surface area contributed by atoms with Gasteiger partial charge in [0.05, 0.1) is 7.11 Å². The lowest BCUT2D eigenvalue weighted by Gasteiger charge is -2.08. The smallest absolute Gasteiger partial charge is 0.340 e. The molecular weight excluding hydrogens is 204 g/mol. The molecule has 1 saturated heterocycles. The van der Waals surface area contributed by atoms with Gasteiger partial charge in [0.15, 0.2) is 5.60 Å². The molecule has 1 atom stereocenters. The predicted molar refractivity (Wildman–Crippen MR) is 58.1 cm³/mol. The second-order valence-electron chi connectivity index (χ2n) is 4.74. The zero-order valence-corrected chi connectivity index (χ0v) is 9.45. The Morgan fingerprint density at radius 2 is 1.88 bits per heavy atom. The van der Waals surface area contributed by atoms with E-state index in [4.69, 9.17) is 9.47 Å². The topological polar surface area (TPSA) is 38.8 Å². The minimum atomic E-state index is -0.749. The van der Waals surface area contributed by atoms with Crippen molar-refractivity contribution in [2.75, 3.05) is 7.11 Å². The molecule has 0 aromatic heterocycles. The minimum absolute atomic E-state index is 0.264. The molecule has 3 heteroatoms. The van der Waals surface area contributed by atoms with E-state index in [0.717, 1.165) is 12.8 Å². The third kappa shape index (κ3) is 1.04. The average Bonchev–Trinajstić information content (AvgIpc) is 2.71. The summed E-state index contributed by atoms with van der Waals surface area (Å²) in [5.74, 6) is -0.264. The minimum Gasteiger partial charge on any atom is -0.467 e. The van der Waals surface area contributed by atoms with Gasteiger partial charge in [-0.1, -0.05) is 24.3 Å². The van der Waals surface area contributed by atoms with Crippen molar-refractivity contribution in [3.05, 3.63) is 35.4 Å². The van der Waals surface area contributed by atoms with Gasteiger partial charge in [-0.05, 0) is 18.1 Å². The first-order valence-corrected chi connectivity index (χ1v) is 5.47. The second-order valence-corrected chi connectivity index (χ2v) is 4.74. The Bertz CT molecular complexity index is 441. The van der Waals surface area contributed by atoms with Crippen LogP contribution in [0.25, 0.3) is 0 Å². The summed E-state index contributed by atoms with van der Waals surface area (Å²) in [7, 11) is 1.41. The monoisotopic (exact) mass is 218 g/mol. The summed E-state index contributed by atoms with van der Waals surface area (Å²) < 4.78 is 10.5. The molecule has 3 rings (SSSR count). The summed E-state index contributed by atoms with van der Waals surface area (Å²) in [6.45, 7) is 1.82. The van der Waals surface area contributed by atoms with Gasteiger partial charge >= 0.3 is 5.97 Å². The fourth-order valence-electron chi connectivity index (χ4n) is 2.78. The van der Waals surface area contributed by atoms with Crippen LogP contribution in [-0.2, 0) is 27.1 Å². The van der Waals surface area contributed by atoms with Gasteiger partial charge in [0.25, 0.3) is 0 Å². The number of esters is 1. The largest absolute Gasteiger partial charge is 0.467 e. The van der Waals surface area contributed by atoms with E-state index in [1.807, 2.05) is 19.1 Å². The van der Waals surface area contributed by atoms with Crippen LogP contribution in [0.3, 0.4) is 0 Å². The SMILES string of the molecule is COC(=O)C1(C)OC12Cc1ccccc1C2. The maximum atomic E-state index is 11.7. The number of hydrogen-bond donors (Lipinski definition) is 0. The molecular formula is C13H14O3. The summed E-state index contributed by atoms with van der Waals surface area (Å²) in [5.41, 5.74) is 1.48. The summed E-state index contributed by atoms with van der Waals surface area (Å²) >= 11 is 0. The van der Waals surface area contributed by atoms with Gasteiger partial charge in [0.2, 0.25) is 0 Å². The number of epoxide rings is 1. The van der Waals surface area contributed by atoms with Crippen molar-refractivity contribution in [2.45, 2.75) is 31.0 Å². The Hall–Kier alpha value is -1.35. The van der Waals surface area contributed by atoms with Crippen LogP contribution in [0.5, 0.6) is 0 Å². The normalized spacial score (nSPS) is 28.9. The lowest BCUT2D eigenvalue weighted by atomic mass is 9.91. The number of fused-ring (bicyclic) bond motifs is 1. The highest BCUT2D eigenvalue weighted by molar-refractivity contribution is 5.85. The first kappa shape index (κ1) is 9.85. The van der Waals surface area contributed by atoms with E-state index in [1.165, 1.54) is 18.2 Å². The maximum Gasteiger partial charge on any atom is 0.340 e. The van der Waals surface area contributed by atoms with Crippen LogP contribution < -0.4 is 0 Å². The van der Waals surface area contributed by atoms with Gasteiger partial charge in [-0.3, -0.25) is 0 Å². The maximum absolute atomic E-state index is 11.7. The van der Waals surface area contributed by atoms with Gasteiger partial charge in [0.1, 0.15) is 5.60 Å². The highest BCUT2D eigenvalue weighted by atomic mass is 16.7. The van der Waals surface area contributed by atoms with Crippen LogP contribution in [0, 0.1) is 0 Å². The molecule has 2 aliphatic rings. The number of ether oxygens (including phenoxy) is 2. The molecule has 1 fully saturated rings. The number of methoxy groups -OCH3 is 1. The van der Waals surface area contributed by atoms with Crippen molar-refractivity contribution in [3.8, 4) is 0 Å². The zero-order chi connectivity index (χ0) is 11.4. The molecule has 0 N–H and O–H groups in total. The van der Waals surface area contributed by atoms with E-state index in [-0.39, 0.29) is 11.6 Å². The molecule has 1 aromatic rings. The van der Waals surface area contributed by atoms with Crippen LogP contribution in [0.2, 0.25) is 0 Å². The van der Waals surface area contributed by atoms with Crippen LogP contribution >= 0.6 is 0 Å². The van der Waals surface area contributed by atoms with Gasteiger partial charge in [-0.25, -0.2) is 4.79 Å². The number of carbonyl (C=O) groups is 1. The molecule has 0 bridgehead atoms. The zero-order valence-electron chi connectivity index (χ0n) is 9.45. The molecule has 1 aromatic carbocycles. The summed E-state index contributed by atoms with van der Waals surface area (Å²) in [4.78, 5) is 11.7. The van der Waals surface area contributed by atoms with Gasteiger partial charge in [-0.2, -0.15) is 0 Å². The van der Waals surface area contributed by atoms with Crippen LogP contribution in [-0.4, -0.2) is 24.3 Å². The quantitative estimate of drug-likeness (QED) is 0.529. The molecule has 0 amide bonds. The Labute approximate surface area is 94.4 Å². The van der Waals surface area contributed by atoms with Crippen molar-refractivity contribution in [1.82, 2.24) is 0 Å². The molecule has 1 heterocycles. The van der Waals surface area contributed by atoms with Gasteiger partial charge < -0.3 is 9.47 Å². The molecule has 3 nitrogen and oxygen atoms in total. The Morgan fingerprint density at radius 1 is 1.31 bits per heavy atom. The summed E-state index contributed by atoms with van der Waals surface area (Å²) in [6, 6.07) is 8.25. The molecule has 1 aliphatic heterocycles. The van der Waals surface area contributed by atoms with E-state index < -0.39 is 5.60 Å². The number of rotatable bonds is 1. The molecule has 84 valence electrons. The Balaban J connectivity index is 1.91. The van der Waals surface area contributed by atoms with E-state index in [2.05, 4.69) is 12.1 Å². The van der Waals surface area contributed by atoms with Gasteiger partial charge in [0, 0.05) is 12.8 Å². The fraction of sp³-hybridized carbons (Fsp3) is 0.462. The van der Waals surface area contributed by atoms with E-state index in [9.17, 15) is 4.79 Å². The van der Waals surface area contributed by atoms with E-state index in [0.29, 0.717) is 0 Å². The lowest BCUT2D eigenvalue weighted by Crippen LogP contribution is -2.33. The van der Waals surface area contributed by atoms with Crippen molar-refractivity contribution in [1.29, 1.82) is 0 Å². The molecule has 0 saturated carbocycles. The lowest BCUT2D eigenvalue weighted by molar-refractivity contribution is -0.146. The molecule has 1 spiro atoms. The Morgan fingerprint density at radius 3 is 2.38 bits per heavy atom. The van der Waals surface area contributed by atoms with Crippen LogP contribution in [0.1, 0.15) is 18.1 Å². The predicted octanol–water partition coefficient (Wildman–Crippen LogP) is 1.49. The number of hydrogen-bond acceptors (Lipinski definition) is 3.